The summed E-state index contributed by atoms with van der Waals surface area (Å²) in [6, 6.07) is 9.72. The van der Waals surface area contributed by atoms with Gasteiger partial charge >= 0.3 is 5.97 Å². The van der Waals surface area contributed by atoms with Gasteiger partial charge in [-0.15, -0.1) is 0 Å². The predicted octanol–water partition coefficient (Wildman–Crippen LogP) is 2.40. The summed E-state index contributed by atoms with van der Waals surface area (Å²) in [4.78, 5) is 38.0. The van der Waals surface area contributed by atoms with Crippen LogP contribution < -0.4 is 5.32 Å². The van der Waals surface area contributed by atoms with Crippen LogP contribution in [0.15, 0.2) is 42.6 Å². The minimum atomic E-state index is -0.579. The summed E-state index contributed by atoms with van der Waals surface area (Å²) in [5, 5.41) is 2.79. The van der Waals surface area contributed by atoms with Crippen LogP contribution in [0, 0.1) is 5.92 Å². The largest absolute Gasteiger partial charge is 0.454 e. The monoisotopic (exact) mass is 312 g/mol. The van der Waals surface area contributed by atoms with Crippen molar-refractivity contribution in [1.82, 2.24) is 4.98 Å². The average Bonchev–Trinajstić information content (AvgIpc) is 3.28. The molecular weight excluding hydrogens is 296 g/mol. The van der Waals surface area contributed by atoms with Crippen LogP contribution in [-0.4, -0.2) is 29.3 Å². The van der Waals surface area contributed by atoms with Crippen molar-refractivity contribution >= 4 is 23.3 Å². The zero-order valence-electron chi connectivity index (χ0n) is 12.4. The second-order valence-electron chi connectivity index (χ2n) is 5.42. The Hall–Kier alpha value is -2.89. The van der Waals surface area contributed by atoms with Crippen LogP contribution in [0.25, 0.3) is 0 Å². The van der Waals surface area contributed by atoms with Gasteiger partial charge in [0, 0.05) is 17.8 Å². The summed E-state index contributed by atoms with van der Waals surface area (Å²) in [5.41, 5.74) is 1.37. The van der Waals surface area contributed by atoms with Gasteiger partial charge in [0.15, 0.2) is 6.61 Å². The second kappa shape index (κ2) is 6.48. The van der Waals surface area contributed by atoms with E-state index in [4.69, 9.17) is 4.74 Å². The number of amides is 1. The highest BCUT2D eigenvalue weighted by Crippen LogP contribution is 2.30. The molecule has 6 heteroatoms. The Morgan fingerprint density at radius 1 is 1.13 bits per heavy atom. The summed E-state index contributed by atoms with van der Waals surface area (Å²) in [6.45, 7) is -0.320. The van der Waals surface area contributed by atoms with E-state index in [9.17, 15) is 14.4 Å². The Morgan fingerprint density at radius 3 is 2.48 bits per heavy atom. The zero-order valence-corrected chi connectivity index (χ0v) is 12.4. The summed E-state index contributed by atoms with van der Waals surface area (Å²) < 4.78 is 4.99. The molecule has 0 atom stereocenters. The van der Waals surface area contributed by atoms with E-state index in [1.165, 1.54) is 0 Å². The Balaban J connectivity index is 1.52. The van der Waals surface area contributed by atoms with Crippen molar-refractivity contribution in [3.05, 3.63) is 53.9 Å². The van der Waals surface area contributed by atoms with Crippen molar-refractivity contribution in [1.29, 1.82) is 0 Å². The summed E-state index contributed by atoms with van der Waals surface area (Å²) >= 11 is 0. The first-order valence-electron chi connectivity index (χ1n) is 7.38. The van der Waals surface area contributed by atoms with Crippen LogP contribution in [0.5, 0.6) is 0 Å². The normalized spacial score (nSPS) is 13.4. The molecule has 0 spiro atoms. The number of carbonyl (C=O) groups excluding carboxylic acids is 3. The first-order chi connectivity index (χ1) is 11.1. The molecule has 2 aromatic rings. The molecule has 0 aliphatic heterocycles. The standard InChI is InChI=1S/C17H16N2O4/c20-15(14-2-1-9-18-14)10-23-17(22)12-5-7-13(8-6-12)19-16(21)11-3-4-11/h1-2,5-9,11,18H,3-4,10H2,(H,19,21). The number of aromatic amines is 1. The van der Waals surface area contributed by atoms with Gasteiger partial charge in [-0.25, -0.2) is 4.79 Å². The van der Waals surface area contributed by atoms with Crippen molar-refractivity contribution in [2.45, 2.75) is 12.8 Å². The highest BCUT2D eigenvalue weighted by atomic mass is 16.5. The van der Waals surface area contributed by atoms with Gasteiger partial charge in [0.05, 0.1) is 11.3 Å². The predicted molar refractivity (Wildman–Crippen MR) is 83.2 cm³/mol. The quantitative estimate of drug-likeness (QED) is 0.633. The molecule has 1 heterocycles. The third-order valence-corrected chi connectivity index (χ3v) is 3.57. The van der Waals surface area contributed by atoms with Crippen LogP contribution in [0.1, 0.15) is 33.7 Å². The molecule has 1 aromatic heterocycles. The molecule has 2 N–H and O–H groups in total. The van der Waals surface area contributed by atoms with Crippen molar-refractivity contribution < 1.29 is 19.1 Å². The van der Waals surface area contributed by atoms with E-state index >= 15 is 0 Å². The minimum absolute atomic E-state index is 0.0110. The lowest BCUT2D eigenvalue weighted by molar-refractivity contribution is -0.117. The summed E-state index contributed by atoms with van der Waals surface area (Å²) in [5.74, 6) is -0.739. The molecule has 1 saturated carbocycles. The van der Waals surface area contributed by atoms with Gasteiger partial charge in [0.2, 0.25) is 11.7 Å². The van der Waals surface area contributed by atoms with E-state index in [1.807, 2.05) is 0 Å². The fourth-order valence-corrected chi connectivity index (χ4v) is 2.08. The van der Waals surface area contributed by atoms with E-state index in [0.717, 1.165) is 12.8 Å². The lowest BCUT2D eigenvalue weighted by Crippen LogP contribution is -2.15. The van der Waals surface area contributed by atoms with Gasteiger partial charge in [-0.3, -0.25) is 9.59 Å². The number of anilines is 1. The van der Waals surface area contributed by atoms with Gasteiger partial charge in [0.25, 0.3) is 0 Å². The number of benzene rings is 1. The highest BCUT2D eigenvalue weighted by molar-refractivity contribution is 5.98. The highest BCUT2D eigenvalue weighted by Gasteiger charge is 2.29. The summed E-state index contributed by atoms with van der Waals surface area (Å²) in [7, 11) is 0. The number of esters is 1. The number of ether oxygens (including phenoxy) is 1. The van der Waals surface area contributed by atoms with E-state index in [0.29, 0.717) is 16.9 Å². The maximum atomic E-state index is 11.9. The Kier molecular flexibility index (Phi) is 4.23. The molecule has 118 valence electrons. The number of rotatable bonds is 6. The first-order valence-corrected chi connectivity index (χ1v) is 7.38. The lowest BCUT2D eigenvalue weighted by Gasteiger charge is -2.06. The number of carbonyl (C=O) groups is 3. The molecule has 0 radical (unpaired) electrons. The molecular formula is C17H16N2O4. The van der Waals surface area contributed by atoms with Crippen molar-refractivity contribution in [2.75, 3.05) is 11.9 Å². The van der Waals surface area contributed by atoms with Gasteiger partial charge in [0.1, 0.15) is 0 Å². The molecule has 1 aliphatic rings. The molecule has 1 aromatic carbocycles. The maximum Gasteiger partial charge on any atom is 0.338 e. The lowest BCUT2D eigenvalue weighted by atomic mass is 10.2. The van der Waals surface area contributed by atoms with Crippen LogP contribution in [0.4, 0.5) is 5.69 Å². The average molecular weight is 312 g/mol. The molecule has 1 amide bonds. The van der Waals surface area contributed by atoms with E-state index in [1.54, 1.807) is 42.6 Å². The van der Waals surface area contributed by atoms with E-state index in [-0.39, 0.29) is 24.2 Å². The molecule has 6 nitrogen and oxygen atoms in total. The number of H-pyrrole nitrogens is 1. The smallest absolute Gasteiger partial charge is 0.338 e. The summed E-state index contributed by atoms with van der Waals surface area (Å²) in [6.07, 6.45) is 3.50. The Morgan fingerprint density at radius 2 is 1.87 bits per heavy atom. The number of Topliss-reactive ketones (excluding diaryl/α,β-unsaturated/α-hetero) is 1. The van der Waals surface area contributed by atoms with Crippen molar-refractivity contribution in [3.8, 4) is 0 Å². The van der Waals surface area contributed by atoms with Crippen LogP contribution in [-0.2, 0) is 9.53 Å². The minimum Gasteiger partial charge on any atom is -0.454 e. The molecule has 0 saturated heterocycles. The third kappa shape index (κ3) is 3.85. The van der Waals surface area contributed by atoms with Crippen LogP contribution >= 0.6 is 0 Å². The first kappa shape index (κ1) is 15.0. The third-order valence-electron chi connectivity index (χ3n) is 3.57. The number of nitrogens with one attached hydrogen (secondary N) is 2. The van der Waals surface area contributed by atoms with Crippen LogP contribution in [0.3, 0.4) is 0 Å². The molecule has 0 bridgehead atoms. The maximum absolute atomic E-state index is 11.9. The zero-order chi connectivity index (χ0) is 16.2. The second-order valence-corrected chi connectivity index (χ2v) is 5.42. The Bertz CT molecular complexity index is 716. The molecule has 0 unspecified atom stereocenters. The molecule has 1 aliphatic carbocycles. The van der Waals surface area contributed by atoms with E-state index < -0.39 is 5.97 Å². The molecule has 23 heavy (non-hydrogen) atoms. The number of ketones is 1. The number of hydrogen-bond donors (Lipinski definition) is 2. The molecule has 1 fully saturated rings. The van der Waals surface area contributed by atoms with Gasteiger partial charge in [-0.2, -0.15) is 0 Å². The topological polar surface area (TPSA) is 88.3 Å². The van der Waals surface area contributed by atoms with Crippen molar-refractivity contribution in [3.63, 3.8) is 0 Å². The SMILES string of the molecule is O=C(OCC(=O)c1ccc[nH]1)c1ccc(NC(=O)C2CC2)cc1. The van der Waals surface area contributed by atoms with Crippen molar-refractivity contribution in [2.24, 2.45) is 5.92 Å². The fourth-order valence-electron chi connectivity index (χ4n) is 2.08. The number of aromatic nitrogens is 1. The van der Waals surface area contributed by atoms with Gasteiger partial charge < -0.3 is 15.0 Å². The van der Waals surface area contributed by atoms with Gasteiger partial charge in [-0.05, 0) is 49.2 Å². The fraction of sp³-hybridized carbons (Fsp3) is 0.235. The van der Waals surface area contributed by atoms with Crippen LogP contribution in [0.2, 0.25) is 0 Å². The van der Waals surface area contributed by atoms with E-state index in [2.05, 4.69) is 10.3 Å². The number of hydrogen-bond acceptors (Lipinski definition) is 4. The van der Waals surface area contributed by atoms with Gasteiger partial charge in [-0.1, -0.05) is 0 Å². The Labute approximate surface area is 132 Å². The molecule has 3 rings (SSSR count).